The molecule has 0 aliphatic rings. The summed E-state index contributed by atoms with van der Waals surface area (Å²) in [4.78, 5) is 38.6. The topological polar surface area (TPSA) is 87.2 Å². The van der Waals surface area contributed by atoms with Crippen LogP contribution in [0.5, 0.6) is 0 Å². The minimum atomic E-state index is -0.392. The van der Waals surface area contributed by atoms with E-state index in [4.69, 9.17) is 0 Å². The number of fused-ring (bicyclic) bond motifs is 1. The normalized spacial score (nSPS) is 10.7. The van der Waals surface area contributed by atoms with Crippen molar-refractivity contribution in [1.82, 2.24) is 15.1 Å². The number of nitrogens with one attached hydrogen (secondary N) is 2. The molecular weight excluding hydrogens is 332 g/mol. The van der Waals surface area contributed by atoms with Gasteiger partial charge in [0.25, 0.3) is 11.1 Å². The first-order chi connectivity index (χ1) is 12.6. The smallest absolute Gasteiger partial charge is 0.273 e. The summed E-state index contributed by atoms with van der Waals surface area (Å²) >= 11 is 0. The lowest BCUT2D eigenvalue weighted by Gasteiger charge is -2.19. The van der Waals surface area contributed by atoms with Crippen LogP contribution >= 0.6 is 0 Å². The number of anilines is 1. The van der Waals surface area contributed by atoms with Crippen LogP contribution in [0.3, 0.4) is 0 Å². The highest BCUT2D eigenvalue weighted by Gasteiger charge is 2.10. The summed E-state index contributed by atoms with van der Waals surface area (Å²) in [7, 11) is 1.94. The van der Waals surface area contributed by atoms with E-state index >= 15 is 0 Å². The van der Waals surface area contributed by atoms with Crippen molar-refractivity contribution in [1.29, 1.82) is 0 Å². The van der Waals surface area contributed by atoms with Gasteiger partial charge in [-0.2, -0.15) is 0 Å². The van der Waals surface area contributed by atoms with E-state index in [1.54, 1.807) is 24.3 Å². The molecule has 0 aliphatic carbocycles. The second kappa shape index (κ2) is 7.69. The number of carbonyl (C=O) groups excluding carboxylic acids is 1. The third kappa shape index (κ3) is 3.83. The Kier molecular flexibility index (Phi) is 5.17. The molecule has 0 saturated carbocycles. The van der Waals surface area contributed by atoms with Gasteiger partial charge in [-0.3, -0.25) is 19.5 Å². The number of likely N-dealkylation sites (N-methyl/N-ethyl adjacent to an activating group) is 1. The second-order valence-corrected chi connectivity index (χ2v) is 5.98. The zero-order valence-corrected chi connectivity index (χ0v) is 14.4. The number of aromatic amines is 1. The Hall–Kier alpha value is -3.35. The summed E-state index contributed by atoms with van der Waals surface area (Å²) in [5.74, 6) is -0.334. The lowest BCUT2D eigenvalue weighted by atomic mass is 10.2. The first-order valence-electron chi connectivity index (χ1n) is 8.31. The maximum absolute atomic E-state index is 12.4. The minimum Gasteiger partial charge on any atom is -0.373 e. The Balaban J connectivity index is 1.62. The average Bonchev–Trinajstić information content (AvgIpc) is 2.66. The van der Waals surface area contributed by atoms with Gasteiger partial charge < -0.3 is 10.2 Å². The van der Waals surface area contributed by atoms with Crippen molar-refractivity contribution < 1.29 is 4.79 Å². The maximum Gasteiger partial charge on any atom is 0.273 e. The molecule has 0 atom stereocenters. The van der Waals surface area contributed by atoms with Gasteiger partial charge in [0, 0.05) is 25.8 Å². The third-order valence-corrected chi connectivity index (χ3v) is 4.15. The molecule has 0 radical (unpaired) electrons. The molecule has 0 aliphatic heterocycles. The molecule has 1 amide bonds. The number of rotatable bonds is 6. The number of H-pyrrole nitrogens is 1. The van der Waals surface area contributed by atoms with E-state index in [1.165, 1.54) is 0 Å². The average molecular weight is 352 g/mol. The van der Waals surface area contributed by atoms with E-state index < -0.39 is 11.1 Å². The number of benzene rings is 2. The minimum absolute atomic E-state index is 0.228. The SMILES string of the molecule is CN(CCNC(=O)Cn1[nH]c(=O)c2ccccc2c1=O)c1ccccc1. The van der Waals surface area contributed by atoms with Crippen LogP contribution in [0, 0.1) is 0 Å². The maximum atomic E-state index is 12.4. The summed E-state index contributed by atoms with van der Waals surface area (Å²) in [5.41, 5.74) is 0.269. The van der Waals surface area contributed by atoms with Gasteiger partial charge in [0.1, 0.15) is 6.54 Å². The van der Waals surface area contributed by atoms with Gasteiger partial charge in [-0.15, -0.1) is 0 Å². The van der Waals surface area contributed by atoms with Crippen LogP contribution in [-0.4, -0.2) is 35.8 Å². The third-order valence-electron chi connectivity index (χ3n) is 4.15. The fourth-order valence-corrected chi connectivity index (χ4v) is 2.73. The Morgan fingerprint density at radius 2 is 1.69 bits per heavy atom. The van der Waals surface area contributed by atoms with E-state index in [0.29, 0.717) is 23.9 Å². The number of para-hydroxylation sites is 1. The predicted molar refractivity (Wildman–Crippen MR) is 102 cm³/mol. The van der Waals surface area contributed by atoms with Crippen molar-refractivity contribution in [2.75, 3.05) is 25.0 Å². The van der Waals surface area contributed by atoms with Gasteiger partial charge in [-0.05, 0) is 24.3 Å². The summed E-state index contributed by atoms with van der Waals surface area (Å²) in [6.45, 7) is 0.823. The fraction of sp³-hybridized carbons (Fsp3) is 0.211. The standard InChI is InChI=1S/C19H20N4O3/c1-22(14-7-3-2-4-8-14)12-11-20-17(24)13-23-19(26)16-10-6-5-9-15(16)18(25)21-23/h2-10H,11-13H2,1H3,(H,20,24)(H,21,25). The quantitative estimate of drug-likeness (QED) is 0.691. The first kappa shape index (κ1) is 17.5. The van der Waals surface area contributed by atoms with Crippen molar-refractivity contribution in [3.8, 4) is 0 Å². The zero-order valence-electron chi connectivity index (χ0n) is 14.4. The van der Waals surface area contributed by atoms with Crippen LogP contribution in [0.2, 0.25) is 0 Å². The van der Waals surface area contributed by atoms with Crippen LogP contribution in [-0.2, 0) is 11.3 Å². The van der Waals surface area contributed by atoms with Crippen LogP contribution in [0.1, 0.15) is 0 Å². The second-order valence-electron chi connectivity index (χ2n) is 5.98. The zero-order chi connectivity index (χ0) is 18.5. The van der Waals surface area contributed by atoms with Crippen molar-refractivity contribution in [2.24, 2.45) is 0 Å². The Bertz CT molecular complexity index is 1020. The molecule has 0 bridgehead atoms. The van der Waals surface area contributed by atoms with Crippen LogP contribution in [0.4, 0.5) is 5.69 Å². The number of hydrogen-bond acceptors (Lipinski definition) is 4. The number of carbonyl (C=O) groups is 1. The van der Waals surface area contributed by atoms with Gasteiger partial charge in [-0.1, -0.05) is 30.3 Å². The monoisotopic (exact) mass is 352 g/mol. The van der Waals surface area contributed by atoms with E-state index in [-0.39, 0.29) is 12.5 Å². The molecule has 0 fully saturated rings. The Labute approximate surface area is 149 Å². The summed E-state index contributed by atoms with van der Waals surface area (Å²) < 4.78 is 1.04. The molecule has 2 aromatic carbocycles. The molecule has 0 saturated heterocycles. The first-order valence-corrected chi connectivity index (χ1v) is 8.31. The van der Waals surface area contributed by atoms with Gasteiger partial charge in [0.2, 0.25) is 5.91 Å². The molecule has 0 spiro atoms. The molecular formula is C19H20N4O3. The fourth-order valence-electron chi connectivity index (χ4n) is 2.73. The molecule has 26 heavy (non-hydrogen) atoms. The van der Waals surface area contributed by atoms with Crippen molar-refractivity contribution in [3.63, 3.8) is 0 Å². The molecule has 1 aromatic heterocycles. The number of hydrogen-bond donors (Lipinski definition) is 2. The van der Waals surface area contributed by atoms with Crippen LogP contribution in [0.15, 0.2) is 64.2 Å². The largest absolute Gasteiger partial charge is 0.373 e. The van der Waals surface area contributed by atoms with Crippen molar-refractivity contribution in [3.05, 3.63) is 75.3 Å². The van der Waals surface area contributed by atoms with Crippen molar-refractivity contribution in [2.45, 2.75) is 6.54 Å². The summed E-state index contributed by atoms with van der Waals surface area (Å²) in [5, 5.41) is 5.83. The highest BCUT2D eigenvalue weighted by atomic mass is 16.2. The van der Waals surface area contributed by atoms with Crippen LogP contribution in [0.25, 0.3) is 10.8 Å². The summed E-state index contributed by atoms with van der Waals surface area (Å²) in [6.07, 6.45) is 0. The molecule has 0 unspecified atom stereocenters. The predicted octanol–water partition coefficient (Wildman–Crippen LogP) is 0.942. The van der Waals surface area contributed by atoms with Crippen LogP contribution < -0.4 is 21.3 Å². The number of nitrogens with zero attached hydrogens (tertiary/aromatic N) is 2. The van der Waals surface area contributed by atoms with Gasteiger partial charge in [-0.25, -0.2) is 4.68 Å². The highest BCUT2D eigenvalue weighted by Crippen LogP contribution is 2.09. The molecule has 2 N–H and O–H groups in total. The lowest BCUT2D eigenvalue weighted by Crippen LogP contribution is -2.39. The Morgan fingerprint density at radius 3 is 2.42 bits per heavy atom. The molecule has 7 heteroatoms. The van der Waals surface area contributed by atoms with Crippen molar-refractivity contribution >= 4 is 22.4 Å². The number of aromatic nitrogens is 2. The molecule has 134 valence electrons. The van der Waals surface area contributed by atoms with E-state index in [0.717, 1.165) is 10.4 Å². The van der Waals surface area contributed by atoms with Gasteiger partial charge in [0.15, 0.2) is 0 Å². The summed E-state index contributed by atoms with van der Waals surface area (Å²) in [6, 6.07) is 16.4. The lowest BCUT2D eigenvalue weighted by molar-refractivity contribution is -0.121. The van der Waals surface area contributed by atoms with Gasteiger partial charge in [0.05, 0.1) is 10.8 Å². The van der Waals surface area contributed by atoms with E-state index in [9.17, 15) is 14.4 Å². The molecule has 7 nitrogen and oxygen atoms in total. The Morgan fingerprint density at radius 1 is 1.04 bits per heavy atom. The molecule has 3 rings (SSSR count). The van der Waals surface area contributed by atoms with Gasteiger partial charge >= 0.3 is 0 Å². The molecule has 1 heterocycles. The van der Waals surface area contributed by atoms with E-state index in [2.05, 4.69) is 10.4 Å². The van der Waals surface area contributed by atoms with E-state index in [1.807, 2.05) is 42.3 Å². The molecule has 3 aromatic rings. The number of amides is 1. The highest BCUT2D eigenvalue weighted by molar-refractivity contribution is 5.81.